The Morgan fingerprint density at radius 3 is 2.81 bits per heavy atom. The number of thioether (sulfide) groups is 1. The predicted molar refractivity (Wildman–Crippen MR) is 102 cm³/mol. The van der Waals surface area contributed by atoms with Crippen molar-refractivity contribution < 1.29 is 18.7 Å². The molecule has 0 spiro atoms. The molecule has 3 amide bonds. The zero-order valence-corrected chi connectivity index (χ0v) is 15.9. The Morgan fingerprint density at radius 1 is 1.26 bits per heavy atom. The number of nitrogens with zero attached hydrogens (tertiary/aromatic N) is 2. The number of urea groups is 1. The van der Waals surface area contributed by atoms with Gasteiger partial charge in [-0.2, -0.15) is 0 Å². The summed E-state index contributed by atoms with van der Waals surface area (Å²) in [7, 11) is 0. The molecule has 1 aliphatic heterocycles. The number of aromatic nitrogens is 2. The van der Waals surface area contributed by atoms with Crippen LogP contribution in [-0.2, 0) is 9.53 Å². The van der Waals surface area contributed by atoms with Crippen molar-refractivity contribution in [2.45, 2.75) is 23.3 Å². The molecule has 3 N–H and O–H groups in total. The van der Waals surface area contributed by atoms with Crippen molar-refractivity contribution >= 4 is 45.9 Å². The predicted octanol–water partition coefficient (Wildman–Crippen LogP) is 2.71. The summed E-state index contributed by atoms with van der Waals surface area (Å²) in [4.78, 5) is 23.7. The van der Waals surface area contributed by atoms with Crippen molar-refractivity contribution in [1.82, 2.24) is 15.5 Å². The topological polar surface area (TPSA) is 105 Å². The van der Waals surface area contributed by atoms with Crippen LogP contribution >= 0.6 is 23.1 Å². The van der Waals surface area contributed by atoms with Crippen LogP contribution in [0.25, 0.3) is 0 Å². The van der Waals surface area contributed by atoms with Crippen LogP contribution in [0.4, 0.5) is 20.0 Å². The van der Waals surface area contributed by atoms with Gasteiger partial charge in [-0.1, -0.05) is 23.1 Å². The molecule has 1 aliphatic rings. The summed E-state index contributed by atoms with van der Waals surface area (Å²) in [5, 5.41) is 16.0. The third-order valence-corrected chi connectivity index (χ3v) is 5.58. The van der Waals surface area contributed by atoms with E-state index in [1.54, 1.807) is 0 Å². The van der Waals surface area contributed by atoms with Crippen LogP contribution in [0.1, 0.15) is 12.8 Å². The Labute approximate surface area is 163 Å². The summed E-state index contributed by atoms with van der Waals surface area (Å²) in [5.41, 5.74) is 0.455. The first-order chi connectivity index (χ1) is 13.1. The number of hydrogen-bond acceptors (Lipinski definition) is 7. The van der Waals surface area contributed by atoms with E-state index in [1.165, 1.54) is 36.0 Å². The lowest BCUT2D eigenvalue weighted by molar-refractivity contribution is -0.119. The van der Waals surface area contributed by atoms with Crippen LogP contribution < -0.4 is 16.0 Å². The summed E-state index contributed by atoms with van der Waals surface area (Å²) in [6.07, 6.45) is 2.11. The number of amides is 3. The van der Waals surface area contributed by atoms with E-state index in [9.17, 15) is 14.0 Å². The molecule has 1 fully saturated rings. The quantitative estimate of drug-likeness (QED) is 0.478. The van der Waals surface area contributed by atoms with Crippen LogP contribution in [0.15, 0.2) is 28.6 Å². The number of anilines is 2. The van der Waals surface area contributed by atoms with Gasteiger partial charge >= 0.3 is 6.03 Å². The summed E-state index contributed by atoms with van der Waals surface area (Å²) in [5.74, 6) is -0.274. The van der Waals surface area contributed by atoms with Gasteiger partial charge < -0.3 is 15.4 Å². The minimum atomic E-state index is -0.511. The number of nitrogens with one attached hydrogen (secondary N) is 3. The zero-order valence-electron chi connectivity index (χ0n) is 14.2. The fourth-order valence-corrected chi connectivity index (χ4v) is 3.90. The van der Waals surface area contributed by atoms with E-state index in [-0.39, 0.29) is 23.6 Å². The Kier molecular flexibility index (Phi) is 6.96. The average Bonchev–Trinajstić information content (AvgIpc) is 3.32. The first-order valence-corrected chi connectivity index (χ1v) is 10.1. The minimum absolute atomic E-state index is 0.103. The highest BCUT2D eigenvalue weighted by Crippen LogP contribution is 2.25. The van der Waals surface area contributed by atoms with E-state index in [0.717, 1.165) is 30.8 Å². The highest BCUT2D eigenvalue weighted by Gasteiger charge is 2.16. The molecule has 1 atom stereocenters. The first kappa shape index (κ1) is 19.5. The van der Waals surface area contributed by atoms with Crippen molar-refractivity contribution in [3.05, 3.63) is 30.1 Å². The molecule has 0 unspecified atom stereocenters. The molecule has 11 heteroatoms. The van der Waals surface area contributed by atoms with Gasteiger partial charge in [0, 0.05) is 18.8 Å². The largest absolute Gasteiger partial charge is 0.376 e. The molecule has 1 aromatic carbocycles. The van der Waals surface area contributed by atoms with E-state index < -0.39 is 6.03 Å². The molecule has 3 rings (SSSR count). The molecule has 1 aromatic heterocycles. The van der Waals surface area contributed by atoms with Gasteiger partial charge in [0.25, 0.3) is 0 Å². The third-order valence-electron chi connectivity index (χ3n) is 3.61. The summed E-state index contributed by atoms with van der Waals surface area (Å²) in [6, 6.07) is 4.89. The number of rotatable bonds is 7. The van der Waals surface area contributed by atoms with E-state index in [1.807, 2.05) is 0 Å². The third kappa shape index (κ3) is 6.45. The average molecular weight is 411 g/mol. The monoisotopic (exact) mass is 411 g/mol. The summed E-state index contributed by atoms with van der Waals surface area (Å²) in [6.45, 7) is 1.27. The van der Waals surface area contributed by atoms with Crippen LogP contribution in [0.5, 0.6) is 0 Å². The molecule has 0 bridgehead atoms. The molecular formula is C16H18FN5O3S2. The SMILES string of the molecule is O=C(CSc1nnc(NC(=O)Nc2ccc(F)cc2)s1)NC[C@@H]1CCCO1. The van der Waals surface area contributed by atoms with E-state index in [2.05, 4.69) is 26.1 Å². The number of benzene rings is 1. The molecular weight excluding hydrogens is 393 g/mol. The molecule has 1 saturated heterocycles. The fraction of sp³-hybridized carbons (Fsp3) is 0.375. The lowest BCUT2D eigenvalue weighted by Gasteiger charge is -2.09. The maximum atomic E-state index is 12.8. The van der Waals surface area contributed by atoms with Gasteiger partial charge in [0.2, 0.25) is 11.0 Å². The molecule has 8 nitrogen and oxygen atoms in total. The molecule has 27 heavy (non-hydrogen) atoms. The highest BCUT2D eigenvalue weighted by molar-refractivity contribution is 8.01. The maximum absolute atomic E-state index is 12.8. The van der Waals surface area contributed by atoms with Crippen LogP contribution in [0.2, 0.25) is 0 Å². The highest BCUT2D eigenvalue weighted by atomic mass is 32.2. The van der Waals surface area contributed by atoms with Crippen LogP contribution in [-0.4, -0.2) is 47.1 Å². The van der Waals surface area contributed by atoms with Gasteiger partial charge in [0.1, 0.15) is 5.82 Å². The lowest BCUT2D eigenvalue weighted by atomic mass is 10.2. The van der Waals surface area contributed by atoms with Gasteiger partial charge in [-0.3, -0.25) is 10.1 Å². The van der Waals surface area contributed by atoms with Gasteiger partial charge in [0.15, 0.2) is 4.34 Å². The van der Waals surface area contributed by atoms with E-state index in [4.69, 9.17) is 4.74 Å². The van der Waals surface area contributed by atoms with E-state index >= 15 is 0 Å². The molecule has 0 radical (unpaired) electrons. The second-order valence-electron chi connectivity index (χ2n) is 5.69. The summed E-state index contributed by atoms with van der Waals surface area (Å²) >= 11 is 2.41. The Hall–Kier alpha value is -2.24. The van der Waals surface area contributed by atoms with Crippen molar-refractivity contribution in [3.63, 3.8) is 0 Å². The van der Waals surface area contributed by atoms with E-state index in [0.29, 0.717) is 21.7 Å². The van der Waals surface area contributed by atoms with Gasteiger partial charge in [-0.15, -0.1) is 10.2 Å². The van der Waals surface area contributed by atoms with Gasteiger partial charge in [-0.05, 0) is 37.1 Å². The van der Waals surface area contributed by atoms with Crippen LogP contribution in [0, 0.1) is 5.82 Å². The molecule has 144 valence electrons. The Morgan fingerprint density at radius 2 is 2.07 bits per heavy atom. The smallest absolute Gasteiger partial charge is 0.325 e. The molecule has 2 heterocycles. The molecule has 0 saturated carbocycles. The summed E-state index contributed by atoms with van der Waals surface area (Å²) < 4.78 is 18.9. The fourth-order valence-electron chi connectivity index (χ4n) is 2.32. The number of ether oxygens (including phenoxy) is 1. The second-order valence-corrected chi connectivity index (χ2v) is 7.89. The second kappa shape index (κ2) is 9.62. The minimum Gasteiger partial charge on any atom is -0.376 e. The lowest BCUT2D eigenvalue weighted by Crippen LogP contribution is -2.32. The number of hydrogen-bond donors (Lipinski definition) is 3. The van der Waals surface area contributed by atoms with Gasteiger partial charge in [0.05, 0.1) is 11.9 Å². The number of carbonyl (C=O) groups excluding carboxylic acids is 2. The van der Waals surface area contributed by atoms with Crippen molar-refractivity contribution in [1.29, 1.82) is 0 Å². The van der Waals surface area contributed by atoms with Gasteiger partial charge in [-0.25, -0.2) is 9.18 Å². The number of carbonyl (C=O) groups is 2. The molecule has 2 aromatic rings. The zero-order chi connectivity index (χ0) is 19.1. The number of halogens is 1. The Bertz CT molecular complexity index is 781. The van der Waals surface area contributed by atoms with Crippen LogP contribution in [0.3, 0.4) is 0 Å². The maximum Gasteiger partial charge on any atom is 0.325 e. The van der Waals surface area contributed by atoms with Crippen molar-refractivity contribution in [2.75, 3.05) is 29.5 Å². The van der Waals surface area contributed by atoms with Crippen molar-refractivity contribution in [2.24, 2.45) is 0 Å². The molecule has 0 aliphatic carbocycles. The first-order valence-electron chi connectivity index (χ1n) is 8.26. The normalized spacial score (nSPS) is 16.1. The van der Waals surface area contributed by atoms with Crippen molar-refractivity contribution in [3.8, 4) is 0 Å². The standard InChI is InChI=1S/C16H18FN5O3S2/c17-10-3-5-11(6-4-10)19-14(24)20-15-21-22-16(27-15)26-9-13(23)18-8-12-2-1-7-25-12/h3-6,12H,1-2,7-9H2,(H,18,23)(H2,19,20,21,24)/t12-/m0/s1. The Balaban J connectivity index is 1.39.